The van der Waals surface area contributed by atoms with Crippen LogP contribution in [0.3, 0.4) is 0 Å². The van der Waals surface area contributed by atoms with Gasteiger partial charge in [0.15, 0.2) is 6.10 Å². The Hall–Kier alpha value is -1.85. The highest BCUT2D eigenvalue weighted by molar-refractivity contribution is 5.71. The van der Waals surface area contributed by atoms with Crippen molar-refractivity contribution >= 4 is 17.9 Å². The monoisotopic (exact) mass is 707 g/mol. The Kier molecular flexibility index (Phi) is 38.5. The molecule has 1 atom stereocenters. The number of hydrogen-bond donors (Lipinski definition) is 0. The number of allylic oxidation sites excluding steroid dienone is 2. The first kappa shape index (κ1) is 48.1. The van der Waals surface area contributed by atoms with E-state index >= 15 is 0 Å². The average Bonchev–Trinajstić information content (AvgIpc) is 3.11. The van der Waals surface area contributed by atoms with E-state index in [9.17, 15) is 14.4 Å². The maximum absolute atomic E-state index is 12.6. The van der Waals surface area contributed by atoms with Crippen LogP contribution in [0.15, 0.2) is 12.2 Å². The summed E-state index contributed by atoms with van der Waals surface area (Å²) in [5.74, 6) is -0.881. The minimum Gasteiger partial charge on any atom is -0.462 e. The summed E-state index contributed by atoms with van der Waals surface area (Å²) in [6, 6.07) is 0. The van der Waals surface area contributed by atoms with Crippen LogP contribution in [0.25, 0.3) is 0 Å². The van der Waals surface area contributed by atoms with E-state index in [0.717, 1.165) is 64.2 Å². The van der Waals surface area contributed by atoms with Crippen molar-refractivity contribution < 1.29 is 28.6 Å². The normalized spacial score (nSPS) is 12.0. The maximum Gasteiger partial charge on any atom is 0.306 e. The smallest absolute Gasteiger partial charge is 0.306 e. The molecule has 0 aliphatic heterocycles. The van der Waals surface area contributed by atoms with E-state index in [-0.39, 0.29) is 31.1 Å². The molecule has 0 rings (SSSR count). The summed E-state index contributed by atoms with van der Waals surface area (Å²) in [5, 5.41) is 0. The Morgan fingerprint density at radius 2 is 0.680 bits per heavy atom. The molecule has 0 aliphatic rings. The molecule has 294 valence electrons. The molecule has 1 unspecified atom stereocenters. The van der Waals surface area contributed by atoms with Gasteiger partial charge >= 0.3 is 17.9 Å². The van der Waals surface area contributed by atoms with Gasteiger partial charge in [-0.05, 0) is 38.5 Å². The molecule has 0 amide bonds. The SMILES string of the molecule is CCCC/C=C\CCCCCCCC(=O)OC(COC(=O)CCCCCCCCC)COC(=O)CCCCCCCCCCCCCCCC. The van der Waals surface area contributed by atoms with Crippen LogP contribution in [-0.4, -0.2) is 37.2 Å². The summed E-state index contributed by atoms with van der Waals surface area (Å²) >= 11 is 0. The molecule has 0 saturated heterocycles. The number of carbonyl (C=O) groups is 3. The van der Waals surface area contributed by atoms with Crippen LogP contribution in [0.4, 0.5) is 0 Å². The fourth-order valence-corrected chi connectivity index (χ4v) is 6.19. The van der Waals surface area contributed by atoms with Crippen LogP contribution in [0.1, 0.15) is 233 Å². The Balaban J connectivity index is 4.29. The minimum atomic E-state index is -0.764. The number of ether oxygens (including phenoxy) is 3. The lowest BCUT2D eigenvalue weighted by Gasteiger charge is -2.18. The third kappa shape index (κ3) is 37.4. The predicted molar refractivity (Wildman–Crippen MR) is 210 cm³/mol. The Morgan fingerprint density at radius 3 is 1.06 bits per heavy atom. The number of rotatable bonds is 39. The molecule has 0 aliphatic carbocycles. The molecule has 50 heavy (non-hydrogen) atoms. The molecule has 0 aromatic carbocycles. The van der Waals surface area contributed by atoms with Crippen molar-refractivity contribution in [2.24, 2.45) is 0 Å². The van der Waals surface area contributed by atoms with Gasteiger partial charge in [-0.3, -0.25) is 14.4 Å². The summed E-state index contributed by atoms with van der Waals surface area (Å²) in [5.41, 5.74) is 0. The molecule has 0 N–H and O–H groups in total. The van der Waals surface area contributed by atoms with Crippen molar-refractivity contribution in [3.8, 4) is 0 Å². The standard InChI is InChI=1S/C44H82O6/c1-4-7-10-13-16-18-20-21-22-24-25-28-31-34-37-43(46)49-40-41(39-48-42(45)36-33-30-27-15-12-9-6-3)50-44(47)38-35-32-29-26-23-19-17-14-11-8-5-2/h14,17,41H,4-13,15-16,18-40H2,1-3H3/b17-14-. The van der Waals surface area contributed by atoms with E-state index in [4.69, 9.17) is 14.2 Å². The van der Waals surface area contributed by atoms with Gasteiger partial charge in [-0.15, -0.1) is 0 Å². The zero-order valence-electron chi connectivity index (χ0n) is 33.4. The first-order valence-electron chi connectivity index (χ1n) is 21.7. The Bertz CT molecular complexity index is 778. The van der Waals surface area contributed by atoms with Gasteiger partial charge in [0, 0.05) is 19.3 Å². The van der Waals surface area contributed by atoms with E-state index in [1.54, 1.807) is 0 Å². The van der Waals surface area contributed by atoms with Crippen molar-refractivity contribution in [2.75, 3.05) is 13.2 Å². The van der Waals surface area contributed by atoms with E-state index in [1.165, 1.54) is 128 Å². The van der Waals surface area contributed by atoms with Gasteiger partial charge in [0.2, 0.25) is 0 Å². The molecule has 0 bridgehead atoms. The van der Waals surface area contributed by atoms with E-state index in [1.807, 2.05) is 0 Å². The van der Waals surface area contributed by atoms with Crippen molar-refractivity contribution in [1.29, 1.82) is 0 Å². The van der Waals surface area contributed by atoms with Gasteiger partial charge < -0.3 is 14.2 Å². The Labute approximate surface area is 310 Å². The topological polar surface area (TPSA) is 78.9 Å². The summed E-state index contributed by atoms with van der Waals surface area (Å²) in [6.45, 7) is 6.55. The molecule has 0 saturated carbocycles. The predicted octanol–water partition coefficient (Wildman–Crippen LogP) is 13.5. The molecule has 0 aromatic heterocycles. The van der Waals surface area contributed by atoms with Crippen molar-refractivity contribution in [3.05, 3.63) is 12.2 Å². The number of hydrogen-bond acceptors (Lipinski definition) is 6. The fourth-order valence-electron chi connectivity index (χ4n) is 6.19. The van der Waals surface area contributed by atoms with Crippen molar-refractivity contribution in [2.45, 2.75) is 239 Å². The maximum atomic E-state index is 12.6. The number of unbranched alkanes of at least 4 members (excludes halogenated alkanes) is 26. The fraction of sp³-hybridized carbons (Fsp3) is 0.886. The van der Waals surface area contributed by atoms with Gasteiger partial charge in [0.05, 0.1) is 0 Å². The lowest BCUT2D eigenvalue weighted by atomic mass is 10.0. The van der Waals surface area contributed by atoms with Gasteiger partial charge in [0.1, 0.15) is 13.2 Å². The summed E-state index contributed by atoms with van der Waals surface area (Å²) in [6.07, 6.45) is 40.6. The Morgan fingerprint density at radius 1 is 0.380 bits per heavy atom. The van der Waals surface area contributed by atoms with E-state index in [0.29, 0.717) is 19.3 Å². The van der Waals surface area contributed by atoms with Crippen LogP contribution in [0.5, 0.6) is 0 Å². The van der Waals surface area contributed by atoms with Crippen LogP contribution >= 0.6 is 0 Å². The van der Waals surface area contributed by atoms with Gasteiger partial charge in [0.25, 0.3) is 0 Å². The molecule has 6 nitrogen and oxygen atoms in total. The highest BCUT2D eigenvalue weighted by Gasteiger charge is 2.19. The van der Waals surface area contributed by atoms with Gasteiger partial charge in [-0.1, -0.05) is 187 Å². The summed E-state index contributed by atoms with van der Waals surface area (Å²) < 4.78 is 16.6. The third-order valence-electron chi connectivity index (χ3n) is 9.52. The van der Waals surface area contributed by atoms with Gasteiger partial charge in [-0.25, -0.2) is 0 Å². The summed E-state index contributed by atoms with van der Waals surface area (Å²) in [4.78, 5) is 37.5. The largest absolute Gasteiger partial charge is 0.462 e. The first-order chi connectivity index (χ1) is 24.5. The second kappa shape index (κ2) is 39.9. The second-order valence-electron chi connectivity index (χ2n) is 14.6. The minimum absolute atomic E-state index is 0.0698. The molecule has 6 heteroatoms. The van der Waals surface area contributed by atoms with Crippen LogP contribution in [0.2, 0.25) is 0 Å². The molecule has 0 radical (unpaired) electrons. The highest BCUT2D eigenvalue weighted by atomic mass is 16.6. The van der Waals surface area contributed by atoms with Crippen molar-refractivity contribution in [3.63, 3.8) is 0 Å². The van der Waals surface area contributed by atoms with Crippen LogP contribution < -0.4 is 0 Å². The lowest BCUT2D eigenvalue weighted by Crippen LogP contribution is -2.30. The number of carbonyl (C=O) groups excluding carboxylic acids is 3. The van der Waals surface area contributed by atoms with E-state index < -0.39 is 6.10 Å². The summed E-state index contributed by atoms with van der Waals surface area (Å²) in [7, 11) is 0. The third-order valence-corrected chi connectivity index (χ3v) is 9.52. The van der Waals surface area contributed by atoms with Crippen LogP contribution in [0, 0.1) is 0 Å². The molecule has 0 spiro atoms. The first-order valence-corrected chi connectivity index (χ1v) is 21.7. The van der Waals surface area contributed by atoms with Crippen molar-refractivity contribution in [1.82, 2.24) is 0 Å². The van der Waals surface area contributed by atoms with Gasteiger partial charge in [-0.2, -0.15) is 0 Å². The zero-order chi connectivity index (χ0) is 36.6. The zero-order valence-corrected chi connectivity index (χ0v) is 33.4. The second-order valence-corrected chi connectivity index (χ2v) is 14.6. The van der Waals surface area contributed by atoms with Crippen LogP contribution in [-0.2, 0) is 28.6 Å². The highest BCUT2D eigenvalue weighted by Crippen LogP contribution is 2.15. The molecule has 0 aromatic rings. The molecular formula is C44H82O6. The quantitative estimate of drug-likeness (QED) is 0.0274. The molecule has 0 heterocycles. The molecule has 0 fully saturated rings. The van der Waals surface area contributed by atoms with E-state index in [2.05, 4.69) is 32.9 Å². The molecular weight excluding hydrogens is 624 g/mol. The number of esters is 3. The lowest BCUT2D eigenvalue weighted by molar-refractivity contribution is -0.167. The average molecular weight is 707 g/mol.